The number of halogens is 1. The molecule has 0 atom stereocenters. The van der Waals surface area contributed by atoms with Gasteiger partial charge in [-0.3, -0.25) is 0 Å². The molecule has 0 heterocycles. The van der Waals surface area contributed by atoms with Crippen LogP contribution in [0, 0.1) is 5.92 Å². The van der Waals surface area contributed by atoms with Crippen LogP contribution in [0.15, 0.2) is 35.9 Å². The highest BCUT2D eigenvalue weighted by Crippen LogP contribution is 2.19. The first-order valence-corrected chi connectivity index (χ1v) is 5.68. The average molecular weight is 255 g/mol. The van der Waals surface area contributed by atoms with Gasteiger partial charge in [-0.05, 0) is 29.7 Å². The normalized spacial score (nSPS) is 11.6. The first kappa shape index (κ1) is 13.6. The second-order valence-electron chi connectivity index (χ2n) is 3.96. The molecule has 0 aliphatic carbocycles. The van der Waals surface area contributed by atoms with Crippen molar-refractivity contribution in [3.05, 3.63) is 40.9 Å². The standard InChI is InChI=1S/C13H15ClO3/c1-9(2)10(6-13(15)16)8-17-12-5-3-4-11(14)7-12/h3-7,9H,8H2,1-2H3,(H,15,16)/b10-6-. The summed E-state index contributed by atoms with van der Waals surface area (Å²) in [7, 11) is 0. The number of ether oxygens (including phenoxy) is 1. The molecule has 1 N–H and O–H groups in total. The van der Waals surface area contributed by atoms with Crippen LogP contribution >= 0.6 is 11.6 Å². The minimum absolute atomic E-state index is 0.130. The van der Waals surface area contributed by atoms with Gasteiger partial charge >= 0.3 is 5.97 Å². The quantitative estimate of drug-likeness (QED) is 0.820. The first-order chi connectivity index (χ1) is 7.99. The van der Waals surface area contributed by atoms with Crippen LogP contribution in [0.5, 0.6) is 5.75 Å². The van der Waals surface area contributed by atoms with E-state index in [9.17, 15) is 4.79 Å². The van der Waals surface area contributed by atoms with Gasteiger partial charge < -0.3 is 9.84 Å². The first-order valence-electron chi connectivity index (χ1n) is 5.31. The molecular formula is C13H15ClO3. The Morgan fingerprint density at radius 2 is 2.24 bits per heavy atom. The summed E-state index contributed by atoms with van der Waals surface area (Å²) in [6.45, 7) is 4.11. The van der Waals surface area contributed by atoms with Gasteiger partial charge in [0.15, 0.2) is 0 Å². The van der Waals surface area contributed by atoms with Crippen molar-refractivity contribution in [3.8, 4) is 5.75 Å². The molecule has 1 rings (SSSR count). The summed E-state index contributed by atoms with van der Waals surface area (Å²) in [5.74, 6) is -0.192. The fourth-order valence-corrected chi connectivity index (χ4v) is 1.44. The van der Waals surface area contributed by atoms with Crippen LogP contribution in [-0.4, -0.2) is 17.7 Å². The second-order valence-corrected chi connectivity index (χ2v) is 4.39. The highest BCUT2D eigenvalue weighted by molar-refractivity contribution is 6.30. The SMILES string of the molecule is CC(C)/C(=C\C(=O)O)COc1cccc(Cl)c1. The lowest BCUT2D eigenvalue weighted by molar-refractivity contribution is -0.131. The van der Waals surface area contributed by atoms with Crippen LogP contribution in [0.2, 0.25) is 5.02 Å². The molecule has 0 radical (unpaired) electrons. The molecule has 0 aliphatic rings. The van der Waals surface area contributed by atoms with E-state index in [4.69, 9.17) is 21.4 Å². The van der Waals surface area contributed by atoms with Crippen molar-refractivity contribution < 1.29 is 14.6 Å². The summed E-state index contributed by atoms with van der Waals surface area (Å²) in [5.41, 5.74) is 0.734. The molecule has 0 amide bonds. The van der Waals surface area contributed by atoms with Gasteiger partial charge in [-0.25, -0.2) is 4.79 Å². The van der Waals surface area contributed by atoms with E-state index >= 15 is 0 Å². The molecule has 17 heavy (non-hydrogen) atoms. The maximum Gasteiger partial charge on any atom is 0.328 e. The molecular weight excluding hydrogens is 240 g/mol. The van der Waals surface area contributed by atoms with Crippen LogP contribution in [-0.2, 0) is 4.79 Å². The van der Waals surface area contributed by atoms with Crippen molar-refractivity contribution >= 4 is 17.6 Å². The van der Waals surface area contributed by atoms with E-state index in [0.717, 1.165) is 5.57 Å². The summed E-state index contributed by atoms with van der Waals surface area (Å²) in [4.78, 5) is 10.6. The predicted molar refractivity (Wildman–Crippen MR) is 67.5 cm³/mol. The van der Waals surface area contributed by atoms with Gasteiger partial charge in [0.1, 0.15) is 12.4 Å². The number of rotatable bonds is 5. The summed E-state index contributed by atoms with van der Waals surface area (Å²) in [6.07, 6.45) is 1.19. The Morgan fingerprint density at radius 3 is 2.76 bits per heavy atom. The average Bonchev–Trinajstić information content (AvgIpc) is 2.23. The molecule has 0 fully saturated rings. The zero-order chi connectivity index (χ0) is 12.8. The van der Waals surface area contributed by atoms with Crippen molar-refractivity contribution in [2.24, 2.45) is 5.92 Å². The third-order valence-electron chi connectivity index (χ3n) is 2.25. The van der Waals surface area contributed by atoms with Gasteiger partial charge in [0.05, 0.1) is 0 Å². The molecule has 0 saturated carbocycles. The van der Waals surface area contributed by atoms with Crippen LogP contribution in [0.3, 0.4) is 0 Å². The van der Waals surface area contributed by atoms with E-state index in [1.807, 2.05) is 13.8 Å². The molecule has 0 aliphatic heterocycles. The molecule has 0 unspecified atom stereocenters. The molecule has 0 spiro atoms. The number of carboxylic acids is 1. The number of carbonyl (C=O) groups is 1. The third-order valence-corrected chi connectivity index (χ3v) is 2.49. The summed E-state index contributed by atoms with van der Waals surface area (Å²) >= 11 is 5.82. The van der Waals surface area contributed by atoms with Crippen molar-refractivity contribution in [2.75, 3.05) is 6.61 Å². The fraction of sp³-hybridized carbons (Fsp3) is 0.308. The number of benzene rings is 1. The number of aliphatic carboxylic acids is 1. The Balaban J connectivity index is 2.68. The second kappa shape index (κ2) is 6.30. The minimum Gasteiger partial charge on any atom is -0.489 e. The van der Waals surface area contributed by atoms with E-state index in [1.165, 1.54) is 6.08 Å². The monoisotopic (exact) mass is 254 g/mol. The highest BCUT2D eigenvalue weighted by Gasteiger charge is 2.07. The molecule has 4 heteroatoms. The Labute approximate surface area is 106 Å². The van der Waals surface area contributed by atoms with Crippen LogP contribution in [0.25, 0.3) is 0 Å². The zero-order valence-electron chi connectivity index (χ0n) is 9.81. The van der Waals surface area contributed by atoms with E-state index in [0.29, 0.717) is 10.8 Å². The molecule has 92 valence electrons. The smallest absolute Gasteiger partial charge is 0.328 e. The Kier molecular flexibility index (Phi) is 5.04. The largest absolute Gasteiger partial charge is 0.489 e. The molecule has 1 aromatic carbocycles. The van der Waals surface area contributed by atoms with Gasteiger partial charge in [-0.1, -0.05) is 31.5 Å². The molecule has 0 bridgehead atoms. The predicted octanol–water partition coefficient (Wildman–Crippen LogP) is 3.39. The fourth-order valence-electron chi connectivity index (χ4n) is 1.26. The van der Waals surface area contributed by atoms with Crippen LogP contribution in [0.1, 0.15) is 13.8 Å². The third kappa shape index (κ3) is 4.91. The maximum atomic E-state index is 10.6. The van der Waals surface area contributed by atoms with Crippen molar-refractivity contribution in [1.82, 2.24) is 0 Å². The van der Waals surface area contributed by atoms with Crippen molar-refractivity contribution in [2.45, 2.75) is 13.8 Å². The van der Waals surface area contributed by atoms with E-state index in [-0.39, 0.29) is 12.5 Å². The summed E-state index contributed by atoms with van der Waals surface area (Å²) in [5, 5.41) is 9.31. The van der Waals surface area contributed by atoms with Gasteiger partial charge in [0, 0.05) is 11.1 Å². The molecule has 3 nitrogen and oxygen atoms in total. The van der Waals surface area contributed by atoms with Crippen molar-refractivity contribution in [1.29, 1.82) is 0 Å². The summed E-state index contributed by atoms with van der Waals surface area (Å²) < 4.78 is 5.50. The van der Waals surface area contributed by atoms with Crippen LogP contribution < -0.4 is 4.74 Å². The summed E-state index contributed by atoms with van der Waals surface area (Å²) in [6, 6.07) is 7.02. The number of hydrogen-bond acceptors (Lipinski definition) is 2. The lowest BCUT2D eigenvalue weighted by Gasteiger charge is -2.12. The lowest BCUT2D eigenvalue weighted by atomic mass is 10.0. The minimum atomic E-state index is -0.955. The van der Waals surface area contributed by atoms with E-state index in [1.54, 1.807) is 24.3 Å². The highest BCUT2D eigenvalue weighted by atomic mass is 35.5. The lowest BCUT2D eigenvalue weighted by Crippen LogP contribution is -2.09. The number of carboxylic acid groups (broad SMARTS) is 1. The van der Waals surface area contributed by atoms with Crippen LogP contribution in [0.4, 0.5) is 0 Å². The van der Waals surface area contributed by atoms with Gasteiger partial charge in [0.2, 0.25) is 0 Å². The number of hydrogen-bond donors (Lipinski definition) is 1. The van der Waals surface area contributed by atoms with Gasteiger partial charge in [-0.15, -0.1) is 0 Å². The Hall–Kier alpha value is -1.48. The Bertz CT molecular complexity index is 424. The molecule has 1 aromatic rings. The zero-order valence-corrected chi connectivity index (χ0v) is 10.6. The topological polar surface area (TPSA) is 46.5 Å². The maximum absolute atomic E-state index is 10.6. The molecule has 0 aromatic heterocycles. The molecule has 0 saturated heterocycles. The van der Waals surface area contributed by atoms with Gasteiger partial charge in [0.25, 0.3) is 0 Å². The van der Waals surface area contributed by atoms with E-state index in [2.05, 4.69) is 0 Å². The van der Waals surface area contributed by atoms with Gasteiger partial charge in [-0.2, -0.15) is 0 Å². The Morgan fingerprint density at radius 1 is 1.53 bits per heavy atom. The van der Waals surface area contributed by atoms with E-state index < -0.39 is 5.97 Å². The van der Waals surface area contributed by atoms with Crippen molar-refractivity contribution in [3.63, 3.8) is 0 Å².